The van der Waals surface area contributed by atoms with Gasteiger partial charge in [0.1, 0.15) is 6.04 Å². The quantitative estimate of drug-likeness (QED) is 0.357. The first-order valence-corrected chi connectivity index (χ1v) is 10.4. The Kier molecular flexibility index (Phi) is 14.4. The van der Waals surface area contributed by atoms with E-state index in [0.29, 0.717) is 52.4 Å². The Hall–Kier alpha value is -2.28. The van der Waals surface area contributed by atoms with E-state index in [-0.39, 0.29) is 19.6 Å². The predicted octanol–water partition coefficient (Wildman–Crippen LogP) is -1.04. The minimum Gasteiger partial charge on any atom is -0.480 e. The van der Waals surface area contributed by atoms with Gasteiger partial charge in [-0.25, -0.2) is 0 Å². The number of nitrogens with zero attached hydrogens (tertiary/aromatic N) is 4. The normalized spacial score (nSPS) is 19.2. The first kappa shape index (κ1) is 28.7. The Bertz CT molecular complexity index is 557. The van der Waals surface area contributed by atoms with E-state index >= 15 is 0 Å². The number of carboxylic acids is 4. The van der Waals surface area contributed by atoms with Crippen LogP contribution in [0.15, 0.2) is 0 Å². The van der Waals surface area contributed by atoms with E-state index in [0.717, 1.165) is 0 Å². The zero-order valence-electron chi connectivity index (χ0n) is 18.6. The van der Waals surface area contributed by atoms with Crippen LogP contribution in [0.5, 0.6) is 0 Å². The highest BCUT2D eigenvalue weighted by Crippen LogP contribution is 2.05. The molecule has 0 aliphatic carbocycles. The number of aliphatic carboxylic acids is 4. The Labute approximate surface area is 182 Å². The van der Waals surface area contributed by atoms with Crippen molar-refractivity contribution < 1.29 is 39.6 Å². The van der Waals surface area contributed by atoms with Gasteiger partial charge in [0.05, 0.1) is 19.6 Å². The number of hydrogen-bond acceptors (Lipinski definition) is 8. The van der Waals surface area contributed by atoms with E-state index in [4.69, 9.17) is 15.3 Å². The molecule has 1 aliphatic rings. The minimum atomic E-state index is -1.02. The second kappa shape index (κ2) is 15.5. The van der Waals surface area contributed by atoms with Gasteiger partial charge >= 0.3 is 23.9 Å². The van der Waals surface area contributed by atoms with Crippen LogP contribution >= 0.6 is 0 Å². The standard InChI is InChI=1S/C17H30N4O8.C2H6/c1-13(17(28)29)21-8-6-19(11-15(24)25)4-2-18(10-14(22)23)3-5-20(7-9-21)12-16(26)27;1-2/h13H,2-12H2,1H3,(H,22,23)(H,24,25)(H,26,27)(H,28,29);1-2H3. The average molecular weight is 449 g/mol. The Morgan fingerprint density at radius 3 is 1.10 bits per heavy atom. The molecule has 1 heterocycles. The van der Waals surface area contributed by atoms with Crippen LogP contribution in [0.2, 0.25) is 0 Å². The lowest BCUT2D eigenvalue weighted by Gasteiger charge is -2.34. The van der Waals surface area contributed by atoms with Crippen LogP contribution in [0.25, 0.3) is 0 Å². The summed E-state index contributed by atoms with van der Waals surface area (Å²) in [6.07, 6.45) is 0. The molecule has 1 fully saturated rings. The third-order valence-electron chi connectivity index (χ3n) is 4.85. The molecule has 1 aliphatic heterocycles. The maximum atomic E-state index is 11.4. The molecule has 1 atom stereocenters. The number of rotatable bonds is 8. The summed E-state index contributed by atoms with van der Waals surface area (Å²) in [5, 5.41) is 36.7. The van der Waals surface area contributed by atoms with E-state index < -0.39 is 29.9 Å². The molecule has 12 nitrogen and oxygen atoms in total. The molecule has 0 amide bonds. The molecule has 1 saturated heterocycles. The zero-order chi connectivity index (χ0) is 24.0. The summed E-state index contributed by atoms with van der Waals surface area (Å²) in [4.78, 5) is 51.5. The van der Waals surface area contributed by atoms with Crippen LogP contribution in [-0.4, -0.2) is 142 Å². The van der Waals surface area contributed by atoms with Crippen molar-refractivity contribution in [2.75, 3.05) is 72.0 Å². The lowest BCUT2D eigenvalue weighted by Crippen LogP contribution is -2.51. The maximum Gasteiger partial charge on any atom is 0.320 e. The molecule has 31 heavy (non-hydrogen) atoms. The zero-order valence-corrected chi connectivity index (χ0v) is 18.6. The molecule has 0 saturated carbocycles. The number of carbonyl (C=O) groups is 4. The molecular weight excluding hydrogens is 412 g/mol. The van der Waals surface area contributed by atoms with Gasteiger partial charge in [-0.05, 0) is 6.92 Å². The van der Waals surface area contributed by atoms with Crippen LogP contribution < -0.4 is 0 Å². The van der Waals surface area contributed by atoms with Gasteiger partial charge in [0, 0.05) is 52.4 Å². The summed E-state index contributed by atoms with van der Waals surface area (Å²) in [5.41, 5.74) is 0. The molecule has 0 radical (unpaired) electrons. The fraction of sp³-hybridized carbons (Fsp3) is 0.789. The third kappa shape index (κ3) is 12.9. The molecule has 0 bridgehead atoms. The van der Waals surface area contributed by atoms with Crippen molar-refractivity contribution in [2.45, 2.75) is 26.8 Å². The van der Waals surface area contributed by atoms with Gasteiger partial charge in [-0.3, -0.25) is 38.8 Å². The van der Waals surface area contributed by atoms with Crippen LogP contribution in [0.1, 0.15) is 20.8 Å². The van der Waals surface area contributed by atoms with Crippen molar-refractivity contribution in [3.63, 3.8) is 0 Å². The van der Waals surface area contributed by atoms with Gasteiger partial charge in [-0.1, -0.05) is 13.8 Å². The third-order valence-corrected chi connectivity index (χ3v) is 4.85. The average Bonchev–Trinajstić information content (AvgIpc) is 2.67. The van der Waals surface area contributed by atoms with Crippen molar-refractivity contribution in [1.82, 2.24) is 19.6 Å². The first-order chi connectivity index (χ1) is 14.6. The molecule has 12 heteroatoms. The minimum absolute atomic E-state index is 0.232. The van der Waals surface area contributed by atoms with Gasteiger partial charge < -0.3 is 20.4 Å². The lowest BCUT2D eigenvalue weighted by atomic mass is 10.2. The highest BCUT2D eigenvalue weighted by Gasteiger charge is 2.24. The molecule has 0 spiro atoms. The van der Waals surface area contributed by atoms with Crippen LogP contribution in [0.3, 0.4) is 0 Å². The maximum absolute atomic E-state index is 11.4. The molecule has 0 aromatic rings. The van der Waals surface area contributed by atoms with E-state index in [1.54, 1.807) is 19.6 Å². The fourth-order valence-corrected chi connectivity index (χ4v) is 3.14. The first-order valence-electron chi connectivity index (χ1n) is 10.4. The second-order valence-electron chi connectivity index (χ2n) is 7.06. The molecule has 0 aromatic heterocycles. The molecule has 0 aromatic carbocycles. The Balaban J connectivity index is 0.00000436. The van der Waals surface area contributed by atoms with E-state index in [1.165, 1.54) is 6.92 Å². The van der Waals surface area contributed by atoms with Crippen molar-refractivity contribution in [1.29, 1.82) is 0 Å². The lowest BCUT2D eigenvalue weighted by molar-refractivity contribution is -0.144. The van der Waals surface area contributed by atoms with Crippen molar-refractivity contribution >= 4 is 23.9 Å². The van der Waals surface area contributed by atoms with Crippen LogP contribution in [0.4, 0.5) is 0 Å². The highest BCUT2D eigenvalue weighted by molar-refractivity contribution is 5.73. The number of hydrogen-bond donors (Lipinski definition) is 4. The summed E-state index contributed by atoms with van der Waals surface area (Å²) in [7, 11) is 0. The molecular formula is C19H36N4O8. The Morgan fingerprint density at radius 1 is 0.613 bits per heavy atom. The highest BCUT2D eigenvalue weighted by atomic mass is 16.4. The molecule has 4 N–H and O–H groups in total. The molecule has 180 valence electrons. The van der Waals surface area contributed by atoms with Gasteiger partial charge in [0.2, 0.25) is 0 Å². The summed E-state index contributed by atoms with van der Waals surface area (Å²) in [6.45, 7) is 7.21. The smallest absolute Gasteiger partial charge is 0.320 e. The summed E-state index contributed by atoms with van der Waals surface area (Å²) < 4.78 is 0. The Morgan fingerprint density at radius 2 is 0.871 bits per heavy atom. The van der Waals surface area contributed by atoms with Crippen molar-refractivity contribution in [2.24, 2.45) is 0 Å². The topological polar surface area (TPSA) is 162 Å². The van der Waals surface area contributed by atoms with E-state index in [9.17, 15) is 24.3 Å². The van der Waals surface area contributed by atoms with Crippen molar-refractivity contribution in [3.05, 3.63) is 0 Å². The van der Waals surface area contributed by atoms with Gasteiger partial charge in [0.25, 0.3) is 0 Å². The predicted molar refractivity (Wildman–Crippen MR) is 112 cm³/mol. The van der Waals surface area contributed by atoms with E-state index in [2.05, 4.69) is 0 Å². The van der Waals surface area contributed by atoms with Gasteiger partial charge in [-0.2, -0.15) is 0 Å². The van der Waals surface area contributed by atoms with Gasteiger partial charge in [0.15, 0.2) is 0 Å². The summed E-state index contributed by atoms with van der Waals surface area (Å²) >= 11 is 0. The number of carboxylic acid groups (broad SMARTS) is 4. The van der Waals surface area contributed by atoms with Crippen LogP contribution in [-0.2, 0) is 19.2 Å². The van der Waals surface area contributed by atoms with E-state index in [1.807, 2.05) is 13.8 Å². The molecule has 1 unspecified atom stereocenters. The second-order valence-corrected chi connectivity index (χ2v) is 7.06. The van der Waals surface area contributed by atoms with Crippen LogP contribution in [0, 0.1) is 0 Å². The van der Waals surface area contributed by atoms with Gasteiger partial charge in [-0.15, -0.1) is 0 Å². The fourth-order valence-electron chi connectivity index (χ4n) is 3.14. The molecule has 1 rings (SSSR count). The monoisotopic (exact) mass is 448 g/mol. The SMILES string of the molecule is CC.CC(C(=O)O)N1CCN(CC(=O)O)CCN(CC(=O)O)CCN(CC(=O)O)CC1. The summed E-state index contributed by atoms with van der Waals surface area (Å²) in [6, 6.07) is -0.806. The van der Waals surface area contributed by atoms with Crippen molar-refractivity contribution in [3.8, 4) is 0 Å². The summed E-state index contributed by atoms with van der Waals surface area (Å²) in [5.74, 6) is -4.08. The largest absolute Gasteiger partial charge is 0.480 e.